The fourth-order valence-electron chi connectivity index (χ4n) is 0. The Morgan fingerprint density at radius 1 is 0.917 bits per heavy atom. The molecule has 0 bridgehead atoms. The van der Waals surface area contributed by atoms with Gasteiger partial charge >= 0.3 is 7.82 Å². The lowest BCUT2D eigenvalue weighted by Crippen LogP contribution is -1.66. The number of hydrogen-bond donors (Lipinski definition) is 6. The van der Waals surface area contributed by atoms with Crippen LogP contribution in [0.25, 0.3) is 0 Å². The summed E-state index contributed by atoms with van der Waals surface area (Å²) in [5, 5.41) is 14.5. The Balaban J connectivity index is -0.0000000221. The first-order valence-electron chi connectivity index (χ1n) is 1.48. The van der Waals surface area contributed by atoms with Gasteiger partial charge in [0, 0.05) is 0 Å². The van der Waals surface area contributed by atoms with E-state index in [0.29, 0.717) is 0 Å². The van der Waals surface area contributed by atoms with Crippen molar-refractivity contribution < 1.29 is 19.2 Å². The van der Waals surface area contributed by atoms with Gasteiger partial charge < -0.3 is 33.1 Å². The van der Waals surface area contributed by atoms with Crippen LogP contribution in [-0.2, 0) is 4.57 Å². The maximum Gasteiger partial charge on any atom is 0.466 e. The number of hydrogen-bond acceptors (Lipinski definition) is 6. The molecule has 0 aliphatic rings. The van der Waals surface area contributed by atoms with Crippen LogP contribution in [0.2, 0.25) is 0 Å². The largest absolute Gasteiger partial charge is 0.466 e. The molecule has 9 nitrogen and oxygen atoms in total. The molecule has 0 aromatic heterocycles. The lowest BCUT2D eigenvalue weighted by atomic mass is 10.9. The van der Waals surface area contributed by atoms with Crippen LogP contribution in [0.15, 0.2) is 0 Å². The van der Waals surface area contributed by atoms with Gasteiger partial charge in [-0.2, -0.15) is 10.5 Å². The number of rotatable bonds is 0. The van der Waals surface area contributed by atoms with Crippen LogP contribution in [0.5, 0.6) is 0 Å². The van der Waals surface area contributed by atoms with Crippen molar-refractivity contribution in [2.24, 2.45) is 0 Å². The summed E-state index contributed by atoms with van der Waals surface area (Å²) in [5.41, 5.74) is 0. The van der Waals surface area contributed by atoms with E-state index in [4.69, 9.17) is 29.8 Å². The zero-order valence-electron chi connectivity index (χ0n) is 6.21. The van der Waals surface area contributed by atoms with E-state index in [9.17, 15) is 0 Å². The third kappa shape index (κ3) is 633000. The van der Waals surface area contributed by atoms with Gasteiger partial charge in [0.1, 0.15) is 0 Å². The molecule has 0 aromatic carbocycles. The monoisotopic (exact) mass is 201 g/mol. The second-order valence-corrected chi connectivity index (χ2v) is 1.76. The van der Waals surface area contributed by atoms with Gasteiger partial charge in [-0.25, -0.2) is 4.57 Å². The number of nitriles is 2. The van der Waals surface area contributed by atoms with Crippen molar-refractivity contribution in [1.29, 1.82) is 10.5 Å². The molecule has 0 atom stereocenters. The molecule has 12 N–H and O–H groups in total. The van der Waals surface area contributed by atoms with E-state index < -0.39 is 7.82 Å². The Morgan fingerprint density at radius 2 is 1.00 bits per heavy atom. The lowest BCUT2D eigenvalue weighted by Gasteiger charge is -1.82. The van der Waals surface area contributed by atoms with Crippen molar-refractivity contribution in [3.05, 3.63) is 0 Å². The summed E-state index contributed by atoms with van der Waals surface area (Å²) in [4.78, 5) is 21.6. The molecule has 0 unspecified atom stereocenters. The molecule has 0 spiro atoms. The Morgan fingerprint density at radius 3 is 1.00 bits per heavy atom. The summed E-state index contributed by atoms with van der Waals surface area (Å²) in [6.07, 6.45) is 0. The summed E-state index contributed by atoms with van der Waals surface area (Å²) in [5.74, 6) is 0. The van der Waals surface area contributed by atoms with Crippen molar-refractivity contribution >= 4 is 7.82 Å². The highest BCUT2D eigenvalue weighted by Gasteiger charge is 2.00. The van der Waals surface area contributed by atoms with Gasteiger partial charge in [0.05, 0.1) is 0 Å². The van der Waals surface area contributed by atoms with E-state index in [1.54, 1.807) is 0 Å². The van der Waals surface area contributed by atoms with Gasteiger partial charge in [-0.1, -0.05) is 0 Å². The molecule has 74 valence electrons. The Labute approximate surface area is 69.2 Å². The molecule has 0 aliphatic heterocycles. The molecule has 0 saturated heterocycles. The highest BCUT2D eigenvalue weighted by atomic mass is 31.2. The summed E-state index contributed by atoms with van der Waals surface area (Å²) < 4.78 is 8.88. The molecule has 0 saturated carbocycles. The highest BCUT2D eigenvalue weighted by Crippen LogP contribution is 2.25. The van der Waals surface area contributed by atoms with Crippen molar-refractivity contribution in [2.75, 3.05) is 0 Å². The zero-order chi connectivity index (χ0) is 7.91. The summed E-state index contributed by atoms with van der Waals surface area (Å²) >= 11 is 0. The molecular weight excluding hydrogens is 189 g/mol. The summed E-state index contributed by atoms with van der Waals surface area (Å²) in [7, 11) is -4.64. The first-order chi connectivity index (χ1) is 3.91. The van der Waals surface area contributed by atoms with E-state index in [0.717, 1.165) is 0 Å². The Bertz CT molecular complexity index is 166. The molecule has 0 radical (unpaired) electrons. The van der Waals surface area contributed by atoms with E-state index >= 15 is 0 Å². The van der Waals surface area contributed by atoms with Crippen LogP contribution < -0.4 is 18.5 Å². The van der Waals surface area contributed by atoms with Crippen molar-refractivity contribution in [3.8, 4) is 12.1 Å². The predicted molar refractivity (Wildman–Crippen MR) is 40.6 cm³/mol. The average Bonchev–Trinajstić information content (AvgIpc) is 1.61. The second kappa shape index (κ2) is 16.5. The first kappa shape index (κ1) is 30.6. The van der Waals surface area contributed by atoms with Crippen LogP contribution in [0.4, 0.5) is 0 Å². The predicted octanol–water partition coefficient (Wildman–Crippen LogP) is -0.409. The van der Waals surface area contributed by atoms with E-state index in [1.165, 1.54) is 12.1 Å². The third-order valence-corrected chi connectivity index (χ3v) is 0.0500. The van der Waals surface area contributed by atoms with Gasteiger partial charge in [0.25, 0.3) is 0 Å². The lowest BCUT2D eigenvalue weighted by molar-refractivity contribution is 0.275. The Kier molecular flexibility index (Phi) is 42.1. The fourth-order valence-corrected chi connectivity index (χ4v) is 0. The van der Waals surface area contributed by atoms with Crippen LogP contribution in [0.1, 0.15) is 0 Å². The molecule has 0 fully saturated rings. The zero-order valence-corrected chi connectivity index (χ0v) is 7.11. The van der Waals surface area contributed by atoms with Crippen LogP contribution in [0, 0.1) is 22.7 Å². The van der Waals surface area contributed by atoms with Gasteiger partial charge in [0.15, 0.2) is 12.1 Å². The van der Waals surface area contributed by atoms with Gasteiger partial charge in [-0.15, -0.1) is 0 Å². The minimum Gasteiger partial charge on any atom is -0.344 e. The summed E-state index contributed by atoms with van der Waals surface area (Å²) in [6.45, 7) is 0. The minimum absolute atomic E-state index is 0. The molecule has 0 rings (SSSR count). The average molecular weight is 201 g/mol. The second-order valence-electron chi connectivity index (χ2n) is 0.737. The maximum absolute atomic E-state index is 8.88. The van der Waals surface area contributed by atoms with Crippen molar-refractivity contribution in [3.63, 3.8) is 0 Å². The van der Waals surface area contributed by atoms with Crippen molar-refractivity contribution in [1.82, 2.24) is 18.5 Å². The maximum atomic E-state index is 8.88. The van der Waals surface area contributed by atoms with Crippen LogP contribution >= 0.6 is 7.82 Å². The number of phosphoric acid groups is 1. The molecule has 0 aliphatic carbocycles. The standard InChI is InChI=1S/C2N2.3H3N.H3O4P/c3-1-2-4;;;;1-5(2,3)4/h;3*1H3;(H3,1,2,3,4). The third-order valence-electron chi connectivity index (χ3n) is 0.0500. The molecule has 0 heterocycles. The van der Waals surface area contributed by atoms with Gasteiger partial charge in [-0.05, 0) is 0 Å². The van der Waals surface area contributed by atoms with Crippen molar-refractivity contribution in [2.45, 2.75) is 0 Å². The Hall–Kier alpha value is -1.03. The topological polar surface area (TPSA) is 230 Å². The molecule has 12 heavy (non-hydrogen) atoms. The van der Waals surface area contributed by atoms with Crippen LogP contribution in [0.3, 0.4) is 0 Å². The molecular formula is C2H12N5O4P. The highest BCUT2D eigenvalue weighted by molar-refractivity contribution is 7.45. The SMILES string of the molecule is N.N.N.N#CC#N.O=P(O)(O)O. The van der Waals surface area contributed by atoms with E-state index in [-0.39, 0.29) is 18.5 Å². The van der Waals surface area contributed by atoms with E-state index in [1.807, 2.05) is 0 Å². The quantitative estimate of drug-likeness (QED) is 0.279. The van der Waals surface area contributed by atoms with E-state index in [2.05, 4.69) is 0 Å². The molecule has 0 aromatic rings. The fraction of sp³-hybridized carbons (Fsp3) is 0. The minimum atomic E-state index is -4.64. The molecule has 0 amide bonds. The smallest absolute Gasteiger partial charge is 0.344 e. The molecule has 10 heteroatoms. The normalized spacial score (nSPS) is 5.75. The first-order valence-corrected chi connectivity index (χ1v) is 3.04. The van der Waals surface area contributed by atoms with Gasteiger partial charge in [-0.3, -0.25) is 0 Å². The van der Waals surface area contributed by atoms with Crippen LogP contribution in [-0.4, -0.2) is 14.7 Å². The number of nitrogens with zero attached hydrogens (tertiary/aromatic N) is 2. The summed E-state index contributed by atoms with van der Waals surface area (Å²) in [6, 6.07) is 2.47. The van der Waals surface area contributed by atoms with Gasteiger partial charge in [0.2, 0.25) is 0 Å².